The zero-order valence-electron chi connectivity index (χ0n) is 11.3. The van der Waals surface area contributed by atoms with E-state index in [2.05, 4.69) is 29.8 Å². The first-order chi connectivity index (χ1) is 8.75. The van der Waals surface area contributed by atoms with E-state index in [0.29, 0.717) is 12.3 Å². The molecule has 122 valence electrons. The van der Waals surface area contributed by atoms with Gasteiger partial charge in [0.2, 0.25) is 0 Å². The number of rotatable bonds is 6. The molecule has 0 saturated carbocycles. The van der Waals surface area contributed by atoms with E-state index in [9.17, 15) is 0 Å². The Hall–Kier alpha value is 2.51. The lowest BCUT2D eigenvalue weighted by Crippen LogP contribution is -2.34. The van der Waals surface area contributed by atoms with E-state index in [4.69, 9.17) is 81.2 Å². The standard InChI is InChI=1S/C12H18BrCl7/c1-6(2)10(13)8(12(18,19)20)4-7(3)9(14)5-11(15,16)17/h6-10H,4-5H2,1-3H3. The highest BCUT2D eigenvalue weighted by Gasteiger charge is 2.41. The van der Waals surface area contributed by atoms with Crippen LogP contribution in [0.2, 0.25) is 0 Å². The van der Waals surface area contributed by atoms with Gasteiger partial charge in [-0.25, -0.2) is 0 Å². The van der Waals surface area contributed by atoms with Crippen molar-refractivity contribution in [2.45, 2.75) is 51.4 Å². The second-order valence-corrected chi connectivity index (χ2v) is 11.9. The second-order valence-electron chi connectivity index (χ2n) is 5.38. The van der Waals surface area contributed by atoms with Gasteiger partial charge in [0.05, 0.1) is 0 Å². The summed E-state index contributed by atoms with van der Waals surface area (Å²) in [5.74, 6) is 0.190. The highest BCUT2D eigenvalue weighted by molar-refractivity contribution is 9.09. The van der Waals surface area contributed by atoms with Crippen molar-refractivity contribution in [3.63, 3.8) is 0 Å². The minimum absolute atomic E-state index is 0.0479. The first kappa shape index (κ1) is 22.5. The highest BCUT2D eigenvalue weighted by Crippen LogP contribution is 2.46. The fourth-order valence-electron chi connectivity index (χ4n) is 1.88. The molecule has 0 radical (unpaired) electrons. The molecule has 0 rings (SSSR count). The summed E-state index contributed by atoms with van der Waals surface area (Å²) in [5, 5.41) is -0.302. The van der Waals surface area contributed by atoms with Gasteiger partial charge < -0.3 is 0 Å². The molecule has 0 N–H and O–H groups in total. The van der Waals surface area contributed by atoms with E-state index in [0.717, 1.165) is 0 Å². The zero-order valence-corrected chi connectivity index (χ0v) is 18.2. The Balaban J connectivity index is 4.82. The smallest absolute Gasteiger partial charge is 0.123 e. The van der Waals surface area contributed by atoms with Gasteiger partial charge in [-0.15, -0.1) is 11.6 Å². The lowest BCUT2D eigenvalue weighted by atomic mass is 9.87. The molecule has 0 bridgehead atoms. The van der Waals surface area contributed by atoms with Crippen LogP contribution in [-0.4, -0.2) is 17.8 Å². The van der Waals surface area contributed by atoms with Crippen LogP contribution in [0.4, 0.5) is 0 Å². The molecule has 0 spiro atoms. The molecule has 20 heavy (non-hydrogen) atoms. The van der Waals surface area contributed by atoms with Crippen molar-refractivity contribution < 1.29 is 0 Å². The molecule has 0 aromatic heterocycles. The van der Waals surface area contributed by atoms with Crippen LogP contribution in [-0.2, 0) is 0 Å². The lowest BCUT2D eigenvalue weighted by Gasteiger charge is -2.34. The molecule has 0 aliphatic rings. The van der Waals surface area contributed by atoms with Crippen LogP contribution in [0.3, 0.4) is 0 Å². The summed E-state index contributed by atoms with van der Waals surface area (Å²) in [6.07, 6.45) is 0.876. The van der Waals surface area contributed by atoms with Gasteiger partial charge in [-0.2, -0.15) is 0 Å². The van der Waals surface area contributed by atoms with Gasteiger partial charge in [-0.05, 0) is 18.3 Å². The van der Waals surface area contributed by atoms with Crippen molar-refractivity contribution >= 4 is 97.1 Å². The third kappa shape index (κ3) is 8.96. The first-order valence-corrected chi connectivity index (χ1v) is 9.79. The molecule has 0 aromatic rings. The Labute approximate surface area is 165 Å². The van der Waals surface area contributed by atoms with Gasteiger partial charge in [-0.3, -0.25) is 0 Å². The third-order valence-electron chi connectivity index (χ3n) is 3.11. The number of halogens is 8. The Bertz CT molecular complexity index is 285. The molecule has 0 aliphatic heterocycles. The number of hydrogen-bond donors (Lipinski definition) is 0. The van der Waals surface area contributed by atoms with E-state index in [-0.39, 0.29) is 28.5 Å². The summed E-state index contributed by atoms with van der Waals surface area (Å²) in [7, 11) is 0. The summed E-state index contributed by atoms with van der Waals surface area (Å²) in [5.41, 5.74) is 0. The van der Waals surface area contributed by atoms with E-state index in [1.807, 2.05) is 6.92 Å². The van der Waals surface area contributed by atoms with Gasteiger partial charge in [0, 0.05) is 22.5 Å². The summed E-state index contributed by atoms with van der Waals surface area (Å²) in [6.45, 7) is 6.09. The van der Waals surface area contributed by atoms with Crippen molar-refractivity contribution in [2.75, 3.05) is 0 Å². The van der Waals surface area contributed by atoms with Crippen molar-refractivity contribution in [1.29, 1.82) is 0 Å². The Morgan fingerprint density at radius 3 is 1.70 bits per heavy atom. The molecule has 4 atom stereocenters. The highest BCUT2D eigenvalue weighted by atomic mass is 79.9. The molecule has 0 heterocycles. The maximum Gasteiger partial charge on any atom is 0.194 e. The minimum Gasteiger partial charge on any atom is -0.123 e. The molecule has 0 nitrogen and oxygen atoms in total. The predicted molar refractivity (Wildman–Crippen MR) is 99.7 cm³/mol. The van der Waals surface area contributed by atoms with Gasteiger partial charge in [0.25, 0.3) is 0 Å². The van der Waals surface area contributed by atoms with Crippen molar-refractivity contribution in [3.8, 4) is 0 Å². The van der Waals surface area contributed by atoms with Crippen molar-refractivity contribution in [1.82, 2.24) is 0 Å². The van der Waals surface area contributed by atoms with Crippen LogP contribution in [0, 0.1) is 17.8 Å². The Morgan fingerprint density at radius 1 is 0.950 bits per heavy atom. The van der Waals surface area contributed by atoms with Crippen LogP contribution in [0.1, 0.15) is 33.6 Å². The fraction of sp³-hybridized carbons (Fsp3) is 1.00. The van der Waals surface area contributed by atoms with Gasteiger partial charge >= 0.3 is 0 Å². The summed E-state index contributed by atoms with van der Waals surface area (Å²) < 4.78 is -2.74. The maximum absolute atomic E-state index is 6.30. The van der Waals surface area contributed by atoms with E-state index in [1.54, 1.807) is 0 Å². The monoisotopic (exact) mass is 486 g/mol. The third-order valence-corrected chi connectivity index (χ3v) is 6.70. The van der Waals surface area contributed by atoms with Gasteiger partial charge in [0.15, 0.2) is 7.59 Å². The van der Waals surface area contributed by atoms with Crippen LogP contribution >= 0.6 is 97.1 Å². The van der Waals surface area contributed by atoms with Crippen molar-refractivity contribution in [3.05, 3.63) is 0 Å². The molecule has 0 saturated heterocycles. The topological polar surface area (TPSA) is 0 Å². The van der Waals surface area contributed by atoms with Crippen LogP contribution in [0.25, 0.3) is 0 Å². The Morgan fingerprint density at radius 2 is 1.40 bits per heavy atom. The predicted octanol–water partition coefficient (Wildman–Crippen LogP) is 7.79. The average molecular weight is 490 g/mol. The minimum atomic E-state index is -1.37. The molecule has 0 aliphatic carbocycles. The summed E-state index contributed by atoms with van der Waals surface area (Å²) >= 11 is 45.5. The summed E-state index contributed by atoms with van der Waals surface area (Å²) in [4.78, 5) is 0.0640. The quantitative estimate of drug-likeness (QED) is 0.334. The molecule has 4 unspecified atom stereocenters. The number of hydrogen-bond acceptors (Lipinski definition) is 0. The van der Waals surface area contributed by atoms with Crippen LogP contribution in [0.5, 0.6) is 0 Å². The molecular formula is C12H18BrCl7. The molecule has 0 fully saturated rings. The average Bonchev–Trinajstić information content (AvgIpc) is 2.20. The Kier molecular flexibility index (Phi) is 10.3. The van der Waals surface area contributed by atoms with Crippen LogP contribution < -0.4 is 0 Å². The van der Waals surface area contributed by atoms with Gasteiger partial charge in [-0.1, -0.05) is 106 Å². The van der Waals surface area contributed by atoms with Crippen LogP contribution in [0.15, 0.2) is 0 Å². The SMILES string of the molecule is CC(C)C(Br)C(CC(C)C(Cl)CC(Cl)(Cl)Cl)C(Cl)(Cl)Cl. The molecular weight excluding hydrogens is 472 g/mol. The van der Waals surface area contributed by atoms with E-state index in [1.165, 1.54) is 0 Å². The largest absolute Gasteiger partial charge is 0.194 e. The van der Waals surface area contributed by atoms with Crippen molar-refractivity contribution in [2.24, 2.45) is 17.8 Å². The molecule has 0 aromatic carbocycles. The fourth-order valence-corrected chi connectivity index (χ4v) is 4.69. The second kappa shape index (κ2) is 9.11. The van der Waals surface area contributed by atoms with E-state index >= 15 is 0 Å². The number of alkyl halides is 8. The van der Waals surface area contributed by atoms with E-state index < -0.39 is 7.59 Å². The lowest BCUT2D eigenvalue weighted by molar-refractivity contribution is 0.339. The normalized spacial score (nSPS) is 19.8. The molecule has 8 heteroatoms. The maximum atomic E-state index is 6.30. The zero-order chi connectivity index (χ0) is 16.3. The summed E-state index contributed by atoms with van der Waals surface area (Å²) in [6, 6.07) is 0. The first-order valence-electron chi connectivity index (χ1n) is 6.17. The molecule has 0 amide bonds. The van der Waals surface area contributed by atoms with Gasteiger partial charge in [0.1, 0.15) is 0 Å².